The molecule has 1 aromatic heterocycles. The molecular formula is C12H21N3O2. The van der Waals surface area contributed by atoms with Crippen LogP contribution in [0.5, 0.6) is 0 Å². The van der Waals surface area contributed by atoms with Crippen LogP contribution in [0.4, 0.5) is 0 Å². The molecule has 0 aliphatic heterocycles. The largest absolute Gasteiger partial charge is 0.352 e. The number of aromatic nitrogens is 2. The molecule has 17 heavy (non-hydrogen) atoms. The Morgan fingerprint density at radius 3 is 2.47 bits per heavy atom. The maximum atomic E-state index is 11.8. The molecule has 0 saturated carbocycles. The summed E-state index contributed by atoms with van der Waals surface area (Å²) in [6.07, 6.45) is 4.25. The molecule has 1 aromatic rings. The van der Waals surface area contributed by atoms with Crippen molar-refractivity contribution in [3.63, 3.8) is 0 Å². The van der Waals surface area contributed by atoms with Crippen LogP contribution in [0.3, 0.4) is 0 Å². The highest BCUT2D eigenvalue weighted by Gasteiger charge is 2.10. The Bertz CT molecular complexity index is 431. The SMILES string of the molecule is CCC(C)NC(=O)Cn1ccn(C(C)C)c1=O. The molecule has 0 fully saturated rings. The molecule has 1 unspecified atom stereocenters. The van der Waals surface area contributed by atoms with E-state index < -0.39 is 0 Å². The molecule has 0 aromatic carbocycles. The third-order valence-corrected chi connectivity index (χ3v) is 2.76. The van der Waals surface area contributed by atoms with Crippen molar-refractivity contribution >= 4 is 5.91 Å². The number of carbonyl (C=O) groups is 1. The van der Waals surface area contributed by atoms with Gasteiger partial charge in [-0.3, -0.25) is 13.9 Å². The van der Waals surface area contributed by atoms with Crippen molar-refractivity contribution < 1.29 is 4.79 Å². The minimum Gasteiger partial charge on any atom is -0.352 e. The predicted molar refractivity (Wildman–Crippen MR) is 67.0 cm³/mol. The van der Waals surface area contributed by atoms with Crippen LogP contribution >= 0.6 is 0 Å². The molecule has 0 spiro atoms. The Balaban J connectivity index is 2.70. The van der Waals surface area contributed by atoms with Gasteiger partial charge in [-0.2, -0.15) is 0 Å². The topological polar surface area (TPSA) is 56.0 Å². The molecule has 0 aliphatic carbocycles. The van der Waals surface area contributed by atoms with Gasteiger partial charge in [0, 0.05) is 24.5 Å². The van der Waals surface area contributed by atoms with Crippen molar-refractivity contribution in [3.8, 4) is 0 Å². The molecule has 1 atom stereocenters. The van der Waals surface area contributed by atoms with Crippen molar-refractivity contribution in [1.82, 2.24) is 14.5 Å². The number of hydrogen-bond acceptors (Lipinski definition) is 2. The fourth-order valence-electron chi connectivity index (χ4n) is 1.52. The number of amides is 1. The summed E-state index contributed by atoms with van der Waals surface area (Å²) in [7, 11) is 0. The monoisotopic (exact) mass is 239 g/mol. The van der Waals surface area contributed by atoms with Gasteiger partial charge in [0.25, 0.3) is 0 Å². The van der Waals surface area contributed by atoms with Crippen molar-refractivity contribution in [2.24, 2.45) is 0 Å². The van der Waals surface area contributed by atoms with Gasteiger partial charge in [-0.15, -0.1) is 0 Å². The summed E-state index contributed by atoms with van der Waals surface area (Å²) < 4.78 is 3.04. The first-order chi connectivity index (χ1) is 7.95. The quantitative estimate of drug-likeness (QED) is 0.838. The van der Waals surface area contributed by atoms with Crippen LogP contribution in [0, 0.1) is 0 Å². The van der Waals surface area contributed by atoms with Crippen LogP contribution in [-0.2, 0) is 11.3 Å². The van der Waals surface area contributed by atoms with Gasteiger partial charge in [0.15, 0.2) is 0 Å². The molecule has 1 heterocycles. The van der Waals surface area contributed by atoms with Crippen LogP contribution in [0.1, 0.15) is 40.2 Å². The fourth-order valence-corrected chi connectivity index (χ4v) is 1.52. The van der Waals surface area contributed by atoms with E-state index in [1.807, 2.05) is 27.7 Å². The molecule has 0 saturated heterocycles. The maximum absolute atomic E-state index is 11.8. The standard InChI is InChI=1S/C12H21N3O2/c1-5-10(4)13-11(16)8-14-6-7-15(9(2)3)12(14)17/h6-7,9-10H,5,8H2,1-4H3,(H,13,16). The van der Waals surface area contributed by atoms with Gasteiger partial charge in [0.1, 0.15) is 6.54 Å². The zero-order valence-electron chi connectivity index (χ0n) is 10.9. The number of hydrogen-bond donors (Lipinski definition) is 1. The van der Waals surface area contributed by atoms with E-state index in [4.69, 9.17) is 0 Å². The summed E-state index contributed by atoms with van der Waals surface area (Å²) in [6, 6.07) is 0.256. The van der Waals surface area contributed by atoms with Gasteiger partial charge in [0.05, 0.1) is 0 Å². The second-order valence-electron chi connectivity index (χ2n) is 4.59. The Morgan fingerprint density at radius 1 is 1.35 bits per heavy atom. The number of imidazole rings is 1. The van der Waals surface area contributed by atoms with E-state index in [0.717, 1.165) is 6.42 Å². The van der Waals surface area contributed by atoms with Crippen LogP contribution < -0.4 is 11.0 Å². The Morgan fingerprint density at radius 2 is 2.00 bits per heavy atom. The third-order valence-electron chi connectivity index (χ3n) is 2.76. The number of nitrogens with one attached hydrogen (secondary N) is 1. The zero-order chi connectivity index (χ0) is 13.0. The normalized spacial score (nSPS) is 12.8. The van der Waals surface area contributed by atoms with E-state index >= 15 is 0 Å². The number of carbonyl (C=O) groups excluding carboxylic acids is 1. The summed E-state index contributed by atoms with van der Waals surface area (Å²) in [5.74, 6) is -0.122. The lowest BCUT2D eigenvalue weighted by Crippen LogP contribution is -2.37. The van der Waals surface area contributed by atoms with Gasteiger partial charge < -0.3 is 5.32 Å². The van der Waals surface area contributed by atoms with E-state index in [2.05, 4.69) is 5.32 Å². The van der Waals surface area contributed by atoms with Crippen LogP contribution in [0.15, 0.2) is 17.2 Å². The number of nitrogens with zero attached hydrogens (tertiary/aromatic N) is 2. The van der Waals surface area contributed by atoms with Crippen molar-refractivity contribution in [2.45, 2.75) is 52.7 Å². The smallest absolute Gasteiger partial charge is 0.328 e. The van der Waals surface area contributed by atoms with E-state index in [0.29, 0.717) is 0 Å². The molecule has 1 rings (SSSR count). The molecule has 5 heteroatoms. The fraction of sp³-hybridized carbons (Fsp3) is 0.667. The first-order valence-corrected chi connectivity index (χ1v) is 6.02. The minimum atomic E-state index is -0.140. The molecule has 0 bridgehead atoms. The lowest BCUT2D eigenvalue weighted by atomic mass is 10.2. The lowest BCUT2D eigenvalue weighted by Gasteiger charge is -2.11. The van der Waals surface area contributed by atoms with E-state index in [9.17, 15) is 9.59 Å². The van der Waals surface area contributed by atoms with Gasteiger partial charge in [-0.05, 0) is 27.2 Å². The predicted octanol–water partition coefficient (Wildman–Crippen LogP) is 1.15. The lowest BCUT2D eigenvalue weighted by molar-refractivity contribution is -0.122. The molecule has 1 amide bonds. The van der Waals surface area contributed by atoms with E-state index in [1.54, 1.807) is 17.0 Å². The Kier molecular flexibility index (Phi) is 4.54. The second kappa shape index (κ2) is 5.70. The van der Waals surface area contributed by atoms with Crippen molar-refractivity contribution in [1.29, 1.82) is 0 Å². The summed E-state index contributed by atoms with van der Waals surface area (Å²) in [4.78, 5) is 23.5. The van der Waals surface area contributed by atoms with E-state index in [-0.39, 0.29) is 30.2 Å². The van der Waals surface area contributed by atoms with Crippen LogP contribution in [0.25, 0.3) is 0 Å². The van der Waals surface area contributed by atoms with Gasteiger partial charge in [0.2, 0.25) is 5.91 Å². The molecule has 5 nitrogen and oxygen atoms in total. The molecule has 0 radical (unpaired) electrons. The first-order valence-electron chi connectivity index (χ1n) is 6.02. The average molecular weight is 239 g/mol. The van der Waals surface area contributed by atoms with Crippen LogP contribution in [0.2, 0.25) is 0 Å². The van der Waals surface area contributed by atoms with E-state index in [1.165, 1.54) is 4.57 Å². The Hall–Kier alpha value is -1.52. The maximum Gasteiger partial charge on any atom is 0.328 e. The third kappa shape index (κ3) is 3.47. The molecular weight excluding hydrogens is 218 g/mol. The summed E-state index contributed by atoms with van der Waals surface area (Å²) in [5.41, 5.74) is -0.140. The minimum absolute atomic E-state index is 0.0862. The van der Waals surface area contributed by atoms with Gasteiger partial charge in [-0.1, -0.05) is 6.92 Å². The van der Waals surface area contributed by atoms with Gasteiger partial charge in [-0.25, -0.2) is 4.79 Å². The zero-order valence-corrected chi connectivity index (χ0v) is 10.9. The van der Waals surface area contributed by atoms with Crippen molar-refractivity contribution in [2.75, 3.05) is 0 Å². The molecule has 1 N–H and O–H groups in total. The Labute approximate surface area is 101 Å². The summed E-state index contributed by atoms with van der Waals surface area (Å²) in [5, 5.41) is 2.84. The average Bonchev–Trinajstić information content (AvgIpc) is 2.60. The second-order valence-corrected chi connectivity index (χ2v) is 4.59. The molecule has 0 aliphatic rings. The highest BCUT2D eigenvalue weighted by molar-refractivity contribution is 5.75. The van der Waals surface area contributed by atoms with Crippen LogP contribution in [-0.4, -0.2) is 21.1 Å². The van der Waals surface area contributed by atoms with Gasteiger partial charge >= 0.3 is 5.69 Å². The first kappa shape index (κ1) is 13.5. The highest BCUT2D eigenvalue weighted by atomic mass is 16.2. The highest BCUT2D eigenvalue weighted by Crippen LogP contribution is 1.99. The molecule has 96 valence electrons. The summed E-state index contributed by atoms with van der Waals surface area (Å²) in [6.45, 7) is 7.91. The number of rotatable bonds is 5. The summed E-state index contributed by atoms with van der Waals surface area (Å²) >= 11 is 0. The van der Waals surface area contributed by atoms with Crippen molar-refractivity contribution in [3.05, 3.63) is 22.9 Å².